The minimum atomic E-state index is 0.336. The Morgan fingerprint density at radius 1 is 1.14 bits per heavy atom. The van der Waals surface area contributed by atoms with Gasteiger partial charge in [-0.2, -0.15) is 0 Å². The molecule has 2 saturated carbocycles. The molecular formula is C17H31N3O. The van der Waals surface area contributed by atoms with Crippen molar-refractivity contribution in [2.24, 2.45) is 11.3 Å². The van der Waals surface area contributed by atoms with Crippen molar-refractivity contribution >= 4 is 5.91 Å². The summed E-state index contributed by atoms with van der Waals surface area (Å²) in [7, 11) is 4.20. The van der Waals surface area contributed by atoms with Gasteiger partial charge in [-0.1, -0.05) is 12.8 Å². The van der Waals surface area contributed by atoms with Crippen molar-refractivity contribution in [3.8, 4) is 0 Å². The molecule has 0 aromatic heterocycles. The summed E-state index contributed by atoms with van der Waals surface area (Å²) >= 11 is 0. The molecule has 2 aliphatic carbocycles. The second kappa shape index (κ2) is 6.25. The van der Waals surface area contributed by atoms with E-state index in [-0.39, 0.29) is 0 Å². The molecule has 3 aliphatic rings. The SMILES string of the molecule is CN(C)CCN(C(=O)C1CC12CCNCC2)C1CCCC1. The molecule has 0 aromatic rings. The highest BCUT2D eigenvalue weighted by Crippen LogP contribution is 2.59. The van der Waals surface area contributed by atoms with E-state index in [2.05, 4.69) is 29.2 Å². The van der Waals surface area contributed by atoms with Crippen LogP contribution in [0, 0.1) is 11.3 Å². The van der Waals surface area contributed by atoms with E-state index in [1.54, 1.807) is 0 Å². The molecule has 1 spiro atoms. The molecule has 4 nitrogen and oxygen atoms in total. The van der Waals surface area contributed by atoms with Gasteiger partial charge >= 0.3 is 0 Å². The predicted octanol–water partition coefficient (Wildman–Crippen LogP) is 1.71. The Bertz CT molecular complexity index is 370. The number of nitrogens with zero attached hydrogens (tertiary/aromatic N) is 2. The molecule has 1 unspecified atom stereocenters. The minimum absolute atomic E-state index is 0.336. The Hall–Kier alpha value is -0.610. The minimum Gasteiger partial charge on any atom is -0.338 e. The zero-order valence-corrected chi connectivity index (χ0v) is 13.7. The van der Waals surface area contributed by atoms with E-state index in [0.29, 0.717) is 23.3 Å². The number of hydrogen-bond acceptors (Lipinski definition) is 3. The molecule has 3 rings (SSSR count). The summed E-state index contributed by atoms with van der Waals surface area (Å²) < 4.78 is 0. The molecule has 0 bridgehead atoms. The van der Waals surface area contributed by atoms with E-state index >= 15 is 0 Å². The van der Waals surface area contributed by atoms with E-state index in [0.717, 1.165) is 32.6 Å². The lowest BCUT2D eigenvalue weighted by molar-refractivity contribution is -0.136. The van der Waals surface area contributed by atoms with E-state index in [1.165, 1.54) is 38.5 Å². The standard InChI is InChI=1S/C17H31N3O/c1-19(2)11-12-20(14-5-3-4-6-14)16(21)15-13-17(15)7-9-18-10-8-17/h14-15,18H,3-13H2,1-2H3. The Morgan fingerprint density at radius 2 is 1.81 bits per heavy atom. The fraction of sp³-hybridized carbons (Fsp3) is 0.941. The highest BCUT2D eigenvalue weighted by Gasteiger charge is 2.58. The predicted molar refractivity (Wildman–Crippen MR) is 85.2 cm³/mol. The number of amides is 1. The summed E-state index contributed by atoms with van der Waals surface area (Å²) in [5, 5.41) is 3.43. The molecule has 1 amide bonds. The zero-order chi connectivity index (χ0) is 14.9. The average Bonchev–Trinajstić information content (AvgIpc) is 2.90. The first-order chi connectivity index (χ1) is 10.1. The van der Waals surface area contributed by atoms with Crippen molar-refractivity contribution < 1.29 is 4.79 Å². The summed E-state index contributed by atoms with van der Waals surface area (Å²) in [6, 6.07) is 0.525. The smallest absolute Gasteiger partial charge is 0.226 e. The normalized spacial score (nSPS) is 28.2. The van der Waals surface area contributed by atoms with Crippen LogP contribution in [0.1, 0.15) is 44.9 Å². The molecule has 21 heavy (non-hydrogen) atoms. The maximum absolute atomic E-state index is 13.1. The van der Waals surface area contributed by atoms with Gasteiger partial charge in [-0.15, -0.1) is 0 Å². The molecule has 1 N–H and O–H groups in total. The Kier molecular flexibility index (Phi) is 4.55. The summed E-state index contributed by atoms with van der Waals surface area (Å²) in [5.74, 6) is 0.813. The van der Waals surface area contributed by atoms with Crippen molar-refractivity contribution in [2.75, 3.05) is 40.3 Å². The molecule has 3 fully saturated rings. The quantitative estimate of drug-likeness (QED) is 0.838. The first-order valence-electron chi connectivity index (χ1n) is 8.78. The molecule has 0 aromatic carbocycles. The van der Waals surface area contributed by atoms with Crippen LogP contribution in [-0.2, 0) is 4.79 Å². The molecule has 120 valence electrons. The first kappa shape index (κ1) is 15.3. The van der Waals surface area contributed by atoms with Crippen LogP contribution in [0.25, 0.3) is 0 Å². The van der Waals surface area contributed by atoms with Gasteiger partial charge in [0, 0.05) is 25.0 Å². The fourth-order valence-electron chi connectivity index (χ4n) is 4.37. The van der Waals surface area contributed by atoms with Crippen LogP contribution in [0.15, 0.2) is 0 Å². The number of hydrogen-bond donors (Lipinski definition) is 1. The van der Waals surface area contributed by atoms with E-state index < -0.39 is 0 Å². The van der Waals surface area contributed by atoms with E-state index in [1.807, 2.05) is 0 Å². The van der Waals surface area contributed by atoms with Crippen molar-refractivity contribution in [2.45, 2.75) is 51.0 Å². The van der Waals surface area contributed by atoms with Gasteiger partial charge in [0.15, 0.2) is 0 Å². The van der Waals surface area contributed by atoms with Crippen LogP contribution in [0.2, 0.25) is 0 Å². The summed E-state index contributed by atoms with van der Waals surface area (Å²) in [5.41, 5.74) is 0.372. The number of rotatable bonds is 5. The van der Waals surface area contributed by atoms with Crippen LogP contribution < -0.4 is 5.32 Å². The van der Waals surface area contributed by atoms with Gasteiger partial charge in [0.1, 0.15) is 0 Å². The highest BCUT2D eigenvalue weighted by atomic mass is 16.2. The maximum atomic E-state index is 13.1. The second-order valence-electron chi connectivity index (χ2n) is 7.64. The zero-order valence-electron chi connectivity index (χ0n) is 13.7. The van der Waals surface area contributed by atoms with Crippen molar-refractivity contribution in [1.82, 2.24) is 15.1 Å². The van der Waals surface area contributed by atoms with Crippen LogP contribution in [0.5, 0.6) is 0 Å². The van der Waals surface area contributed by atoms with E-state index in [9.17, 15) is 4.79 Å². The van der Waals surface area contributed by atoms with Crippen molar-refractivity contribution in [3.05, 3.63) is 0 Å². The highest BCUT2D eigenvalue weighted by molar-refractivity contribution is 5.83. The topological polar surface area (TPSA) is 35.6 Å². The second-order valence-corrected chi connectivity index (χ2v) is 7.64. The third kappa shape index (κ3) is 3.26. The molecule has 0 radical (unpaired) electrons. The summed E-state index contributed by atoms with van der Waals surface area (Å²) in [6.45, 7) is 4.11. The molecular weight excluding hydrogens is 262 g/mol. The van der Waals surface area contributed by atoms with Gasteiger partial charge < -0.3 is 15.1 Å². The van der Waals surface area contributed by atoms with Gasteiger partial charge in [0.2, 0.25) is 5.91 Å². The number of nitrogens with one attached hydrogen (secondary N) is 1. The largest absolute Gasteiger partial charge is 0.338 e. The van der Waals surface area contributed by atoms with E-state index in [4.69, 9.17) is 0 Å². The Labute approximate surface area is 129 Å². The number of piperidine rings is 1. The number of carbonyl (C=O) groups is 1. The number of likely N-dealkylation sites (N-methyl/N-ethyl adjacent to an activating group) is 1. The van der Waals surface area contributed by atoms with Crippen LogP contribution >= 0.6 is 0 Å². The molecule has 4 heteroatoms. The number of carbonyl (C=O) groups excluding carboxylic acids is 1. The van der Waals surface area contributed by atoms with Crippen LogP contribution in [0.3, 0.4) is 0 Å². The van der Waals surface area contributed by atoms with Crippen molar-refractivity contribution in [3.63, 3.8) is 0 Å². The fourth-order valence-corrected chi connectivity index (χ4v) is 4.37. The molecule has 1 saturated heterocycles. The average molecular weight is 293 g/mol. The monoisotopic (exact) mass is 293 g/mol. The Morgan fingerprint density at radius 3 is 2.43 bits per heavy atom. The lowest BCUT2D eigenvalue weighted by Crippen LogP contribution is -2.44. The molecule has 1 aliphatic heterocycles. The first-order valence-corrected chi connectivity index (χ1v) is 8.78. The summed E-state index contributed by atoms with van der Waals surface area (Å²) in [6.07, 6.45) is 8.61. The molecule has 1 heterocycles. The van der Waals surface area contributed by atoms with Gasteiger partial charge in [0.25, 0.3) is 0 Å². The van der Waals surface area contributed by atoms with Crippen molar-refractivity contribution in [1.29, 1.82) is 0 Å². The summed E-state index contributed by atoms with van der Waals surface area (Å²) in [4.78, 5) is 17.5. The van der Waals surface area contributed by atoms with Gasteiger partial charge in [0.05, 0.1) is 0 Å². The molecule has 1 atom stereocenters. The maximum Gasteiger partial charge on any atom is 0.226 e. The lowest BCUT2D eigenvalue weighted by atomic mass is 9.91. The lowest BCUT2D eigenvalue weighted by Gasteiger charge is -2.32. The van der Waals surface area contributed by atoms with Gasteiger partial charge in [-0.3, -0.25) is 4.79 Å². The van der Waals surface area contributed by atoms with Gasteiger partial charge in [-0.25, -0.2) is 0 Å². The third-order valence-corrected chi connectivity index (χ3v) is 5.92. The van der Waals surface area contributed by atoms with Crippen LogP contribution in [-0.4, -0.2) is 62.0 Å². The van der Waals surface area contributed by atoms with Crippen LogP contribution in [0.4, 0.5) is 0 Å². The van der Waals surface area contributed by atoms with Gasteiger partial charge in [-0.05, 0) is 64.7 Å². The Balaban J connectivity index is 1.63. The third-order valence-electron chi connectivity index (χ3n) is 5.92.